The molecule has 2 rings (SSSR count). The second-order valence-corrected chi connectivity index (χ2v) is 4.07. The summed E-state index contributed by atoms with van der Waals surface area (Å²) in [5.41, 5.74) is 0.288. The predicted molar refractivity (Wildman–Crippen MR) is 67.9 cm³/mol. The van der Waals surface area contributed by atoms with Crippen LogP contribution in [-0.2, 0) is 0 Å². The average Bonchev–Trinajstić information content (AvgIpc) is 2.32. The van der Waals surface area contributed by atoms with Crippen molar-refractivity contribution in [2.24, 2.45) is 0 Å². The van der Waals surface area contributed by atoms with Crippen LogP contribution in [0, 0.1) is 0 Å². The molecule has 1 fully saturated rings. The van der Waals surface area contributed by atoms with Gasteiger partial charge in [-0.05, 0) is 19.0 Å². The summed E-state index contributed by atoms with van der Waals surface area (Å²) >= 11 is 0. The first kappa shape index (κ1) is 14.7. The maximum atomic E-state index is 11.8. The normalized spacial score (nSPS) is 22.9. The number of nitrogens with one attached hydrogen (secondary N) is 2. The third-order valence-electron chi connectivity index (χ3n) is 2.75. The minimum atomic E-state index is -0.585. The van der Waals surface area contributed by atoms with Crippen molar-refractivity contribution in [1.29, 1.82) is 0 Å². The Morgan fingerprint density at radius 3 is 2.94 bits per heavy atom. The lowest BCUT2D eigenvalue weighted by Gasteiger charge is -2.29. The van der Waals surface area contributed by atoms with Gasteiger partial charge in [0, 0.05) is 12.7 Å². The Bertz CT molecular complexity index is 416. The smallest absolute Gasteiger partial charge is 0.253 e. The molecule has 1 aromatic heterocycles. The summed E-state index contributed by atoms with van der Waals surface area (Å²) in [6, 6.07) is 1.08. The molecule has 0 spiro atoms. The van der Waals surface area contributed by atoms with Gasteiger partial charge in [0.1, 0.15) is 5.75 Å². The number of halogens is 1. The maximum Gasteiger partial charge on any atom is 0.253 e. The number of aliphatic hydroxyl groups is 1. The molecule has 7 heteroatoms. The van der Waals surface area contributed by atoms with Crippen molar-refractivity contribution in [3.63, 3.8) is 0 Å². The zero-order valence-corrected chi connectivity index (χ0v) is 10.5. The summed E-state index contributed by atoms with van der Waals surface area (Å²) in [6.45, 7) is 1.24. The van der Waals surface area contributed by atoms with Gasteiger partial charge >= 0.3 is 0 Å². The van der Waals surface area contributed by atoms with Gasteiger partial charge in [-0.25, -0.2) is 0 Å². The zero-order valence-electron chi connectivity index (χ0n) is 9.67. The van der Waals surface area contributed by atoms with Crippen LogP contribution in [0.3, 0.4) is 0 Å². The van der Waals surface area contributed by atoms with E-state index in [1.54, 1.807) is 0 Å². The Morgan fingerprint density at radius 1 is 1.50 bits per heavy atom. The van der Waals surface area contributed by atoms with Crippen LogP contribution in [0.25, 0.3) is 0 Å². The second kappa shape index (κ2) is 6.53. The third-order valence-corrected chi connectivity index (χ3v) is 2.75. The number of nitrogens with zero attached hydrogens (tertiary/aromatic N) is 1. The molecule has 1 aliphatic rings. The van der Waals surface area contributed by atoms with E-state index >= 15 is 0 Å². The van der Waals surface area contributed by atoms with Crippen molar-refractivity contribution in [1.82, 2.24) is 15.6 Å². The molecule has 2 atom stereocenters. The Labute approximate surface area is 111 Å². The molecule has 0 aliphatic carbocycles. The van der Waals surface area contributed by atoms with Gasteiger partial charge in [-0.15, -0.1) is 12.4 Å². The fourth-order valence-electron chi connectivity index (χ4n) is 1.81. The van der Waals surface area contributed by atoms with E-state index in [1.807, 2.05) is 0 Å². The standard InChI is InChI=1S/C11H15N3O3.ClH/c15-8-3-7(4-13-5-8)11(17)14-9-1-2-12-6-10(9)16;/h3-5,9-10,12,15-16H,1-2,6H2,(H,14,17);1H/t9-,10-;/m1./s1. The molecule has 1 aromatic rings. The van der Waals surface area contributed by atoms with Crippen molar-refractivity contribution < 1.29 is 15.0 Å². The monoisotopic (exact) mass is 273 g/mol. The molecule has 2 heterocycles. The van der Waals surface area contributed by atoms with Gasteiger partial charge in [0.05, 0.1) is 23.9 Å². The highest BCUT2D eigenvalue weighted by atomic mass is 35.5. The number of hydrogen-bond acceptors (Lipinski definition) is 5. The molecule has 0 aromatic carbocycles. The first-order valence-corrected chi connectivity index (χ1v) is 5.50. The SMILES string of the molecule is Cl.O=C(N[C@@H]1CCNC[C@H]1O)c1cncc(O)c1. The Kier molecular flexibility index (Phi) is 5.33. The Morgan fingerprint density at radius 2 is 2.28 bits per heavy atom. The van der Waals surface area contributed by atoms with E-state index in [-0.39, 0.29) is 35.7 Å². The lowest BCUT2D eigenvalue weighted by Crippen LogP contribution is -2.52. The Hall–Kier alpha value is -1.37. The van der Waals surface area contributed by atoms with Crippen LogP contribution in [0.5, 0.6) is 5.75 Å². The number of carbonyl (C=O) groups is 1. The van der Waals surface area contributed by atoms with Gasteiger partial charge in [-0.2, -0.15) is 0 Å². The lowest BCUT2D eigenvalue weighted by molar-refractivity contribution is 0.0765. The number of pyridine rings is 1. The van der Waals surface area contributed by atoms with Crippen LogP contribution >= 0.6 is 12.4 Å². The first-order chi connectivity index (χ1) is 8.16. The van der Waals surface area contributed by atoms with Crippen LogP contribution in [0.15, 0.2) is 18.5 Å². The van der Waals surface area contributed by atoms with Gasteiger partial charge in [0.25, 0.3) is 5.91 Å². The lowest BCUT2D eigenvalue weighted by atomic mass is 10.0. The van der Waals surface area contributed by atoms with E-state index in [4.69, 9.17) is 0 Å². The summed E-state index contributed by atoms with van der Waals surface area (Å²) in [4.78, 5) is 15.5. The van der Waals surface area contributed by atoms with Gasteiger partial charge in [0.15, 0.2) is 0 Å². The summed E-state index contributed by atoms with van der Waals surface area (Å²) in [6.07, 6.45) is 2.73. The van der Waals surface area contributed by atoms with Crippen LogP contribution < -0.4 is 10.6 Å². The molecule has 0 unspecified atom stereocenters. The van der Waals surface area contributed by atoms with Gasteiger partial charge < -0.3 is 20.8 Å². The topological polar surface area (TPSA) is 94.5 Å². The van der Waals surface area contributed by atoms with E-state index in [0.29, 0.717) is 13.0 Å². The number of piperidine rings is 1. The molecule has 0 saturated carbocycles. The van der Waals surface area contributed by atoms with Gasteiger partial charge in [0.2, 0.25) is 0 Å². The zero-order chi connectivity index (χ0) is 12.3. The molecule has 1 amide bonds. The molecular weight excluding hydrogens is 258 g/mol. The molecule has 0 bridgehead atoms. The number of hydrogen-bond donors (Lipinski definition) is 4. The molecule has 18 heavy (non-hydrogen) atoms. The molecule has 1 aliphatic heterocycles. The molecule has 6 nitrogen and oxygen atoms in total. The van der Waals surface area contributed by atoms with Crippen molar-refractivity contribution >= 4 is 18.3 Å². The number of carbonyl (C=O) groups excluding carboxylic acids is 1. The van der Waals surface area contributed by atoms with Crippen LogP contribution in [0.2, 0.25) is 0 Å². The van der Waals surface area contributed by atoms with Crippen molar-refractivity contribution in [3.05, 3.63) is 24.0 Å². The highest BCUT2D eigenvalue weighted by Gasteiger charge is 2.24. The van der Waals surface area contributed by atoms with E-state index in [9.17, 15) is 15.0 Å². The highest BCUT2D eigenvalue weighted by molar-refractivity contribution is 5.94. The van der Waals surface area contributed by atoms with Gasteiger partial charge in [-0.1, -0.05) is 0 Å². The van der Waals surface area contributed by atoms with Crippen molar-refractivity contribution in [2.45, 2.75) is 18.6 Å². The van der Waals surface area contributed by atoms with Crippen LogP contribution in [-0.4, -0.2) is 46.3 Å². The van der Waals surface area contributed by atoms with E-state index in [2.05, 4.69) is 15.6 Å². The average molecular weight is 274 g/mol. The molecule has 4 N–H and O–H groups in total. The van der Waals surface area contributed by atoms with Crippen molar-refractivity contribution in [2.75, 3.05) is 13.1 Å². The van der Waals surface area contributed by atoms with E-state index < -0.39 is 6.10 Å². The fourth-order valence-corrected chi connectivity index (χ4v) is 1.81. The number of aromatic nitrogens is 1. The molecule has 1 saturated heterocycles. The number of aliphatic hydroxyl groups excluding tert-OH is 1. The number of aromatic hydroxyl groups is 1. The van der Waals surface area contributed by atoms with E-state index in [0.717, 1.165) is 6.54 Å². The fraction of sp³-hybridized carbons (Fsp3) is 0.455. The van der Waals surface area contributed by atoms with E-state index in [1.165, 1.54) is 18.5 Å². The highest BCUT2D eigenvalue weighted by Crippen LogP contribution is 2.10. The van der Waals surface area contributed by atoms with Gasteiger partial charge in [-0.3, -0.25) is 9.78 Å². The maximum absolute atomic E-state index is 11.8. The summed E-state index contributed by atoms with van der Waals surface area (Å²) in [5, 5.41) is 24.7. The number of β-amino-alcohol motifs (C(OH)–C–C–N with tert-alkyl or cyclic N) is 1. The molecule has 100 valence electrons. The Balaban J connectivity index is 0.00000162. The molecular formula is C11H16ClN3O3. The number of amides is 1. The quantitative estimate of drug-likeness (QED) is 0.592. The minimum Gasteiger partial charge on any atom is -0.506 e. The summed E-state index contributed by atoms with van der Waals surface area (Å²) in [5.74, 6) is -0.386. The summed E-state index contributed by atoms with van der Waals surface area (Å²) in [7, 11) is 0. The van der Waals surface area contributed by atoms with Crippen molar-refractivity contribution in [3.8, 4) is 5.75 Å². The summed E-state index contributed by atoms with van der Waals surface area (Å²) < 4.78 is 0. The number of rotatable bonds is 2. The predicted octanol–water partition coefficient (Wildman–Crippen LogP) is -0.338. The largest absolute Gasteiger partial charge is 0.506 e. The second-order valence-electron chi connectivity index (χ2n) is 4.07. The van der Waals surface area contributed by atoms with Crippen LogP contribution in [0.4, 0.5) is 0 Å². The first-order valence-electron chi connectivity index (χ1n) is 5.50. The third kappa shape index (κ3) is 3.56. The molecule has 0 radical (unpaired) electrons. The van der Waals surface area contributed by atoms with Crippen LogP contribution in [0.1, 0.15) is 16.8 Å². The minimum absolute atomic E-state index is 0.